The van der Waals surface area contributed by atoms with Gasteiger partial charge in [-0.15, -0.1) is 0 Å². The number of imide groups is 1. The Labute approximate surface area is 127 Å². The molecule has 0 spiro atoms. The van der Waals surface area contributed by atoms with Gasteiger partial charge < -0.3 is 10.2 Å². The fourth-order valence-corrected chi connectivity index (χ4v) is 2.34. The predicted molar refractivity (Wildman–Crippen MR) is 81.6 cm³/mol. The molecule has 0 fully saturated rings. The Bertz CT molecular complexity index is 678. The molecule has 0 radical (unpaired) electrons. The molecule has 2 aromatic carbocycles. The molecule has 0 atom stereocenters. The molecule has 1 aliphatic rings. The smallest absolute Gasteiger partial charge is 0.261 e. The van der Waals surface area contributed by atoms with Crippen molar-refractivity contribution in [3.05, 3.63) is 59.7 Å². The summed E-state index contributed by atoms with van der Waals surface area (Å²) in [4.78, 5) is 25.5. The van der Waals surface area contributed by atoms with Gasteiger partial charge in [0.2, 0.25) is 0 Å². The zero-order valence-corrected chi connectivity index (χ0v) is 11.8. The summed E-state index contributed by atoms with van der Waals surface area (Å²) in [7, 11) is 0. The highest BCUT2D eigenvalue weighted by atomic mass is 16.5. The van der Waals surface area contributed by atoms with E-state index in [0.717, 1.165) is 5.69 Å². The molecular formula is C16H15N3O3. The minimum Gasteiger partial charge on any atom is -0.492 e. The van der Waals surface area contributed by atoms with Gasteiger partial charge in [0.1, 0.15) is 12.4 Å². The predicted octanol–water partition coefficient (Wildman–Crippen LogP) is 1.65. The first-order valence-electron chi connectivity index (χ1n) is 6.85. The maximum Gasteiger partial charge on any atom is 0.261 e. The maximum absolute atomic E-state index is 12.2. The fourth-order valence-electron chi connectivity index (χ4n) is 2.34. The van der Waals surface area contributed by atoms with E-state index >= 15 is 0 Å². The van der Waals surface area contributed by atoms with E-state index in [2.05, 4.69) is 5.43 Å². The number of nitrogen functional groups attached to an aromatic ring is 1. The van der Waals surface area contributed by atoms with E-state index in [9.17, 15) is 9.59 Å². The van der Waals surface area contributed by atoms with Crippen LogP contribution < -0.4 is 16.0 Å². The number of hydrogen-bond donors (Lipinski definition) is 2. The monoisotopic (exact) mass is 297 g/mol. The van der Waals surface area contributed by atoms with Crippen LogP contribution in [0.25, 0.3) is 0 Å². The summed E-state index contributed by atoms with van der Waals surface area (Å²) in [5, 5.41) is 0. The molecule has 6 nitrogen and oxygen atoms in total. The van der Waals surface area contributed by atoms with Crippen molar-refractivity contribution < 1.29 is 14.3 Å². The number of fused-ring (bicyclic) bond motifs is 1. The molecule has 112 valence electrons. The van der Waals surface area contributed by atoms with Crippen LogP contribution in [-0.2, 0) is 0 Å². The Balaban J connectivity index is 1.60. The molecule has 6 heteroatoms. The number of carbonyl (C=O) groups excluding carboxylic acids is 2. The number of hydrazine groups is 1. The van der Waals surface area contributed by atoms with Crippen molar-refractivity contribution in [1.29, 1.82) is 0 Å². The van der Waals surface area contributed by atoms with Crippen molar-refractivity contribution >= 4 is 17.5 Å². The Morgan fingerprint density at radius 1 is 0.955 bits per heavy atom. The van der Waals surface area contributed by atoms with Crippen molar-refractivity contribution in [3.8, 4) is 5.75 Å². The summed E-state index contributed by atoms with van der Waals surface area (Å²) in [6.45, 7) is 0.449. The van der Waals surface area contributed by atoms with Gasteiger partial charge in [0, 0.05) is 5.69 Å². The molecule has 0 saturated carbocycles. The van der Waals surface area contributed by atoms with E-state index in [4.69, 9.17) is 10.6 Å². The molecule has 2 aromatic rings. The molecule has 0 unspecified atom stereocenters. The van der Waals surface area contributed by atoms with Crippen molar-refractivity contribution in [2.24, 2.45) is 5.84 Å². The van der Waals surface area contributed by atoms with Crippen LogP contribution in [0.1, 0.15) is 20.7 Å². The zero-order valence-electron chi connectivity index (χ0n) is 11.8. The highest BCUT2D eigenvalue weighted by Crippen LogP contribution is 2.22. The van der Waals surface area contributed by atoms with E-state index in [0.29, 0.717) is 16.9 Å². The van der Waals surface area contributed by atoms with Crippen LogP contribution in [-0.4, -0.2) is 29.9 Å². The van der Waals surface area contributed by atoms with Crippen LogP contribution in [0.15, 0.2) is 48.5 Å². The molecule has 22 heavy (non-hydrogen) atoms. The third-order valence-electron chi connectivity index (χ3n) is 3.48. The number of hydrogen-bond acceptors (Lipinski definition) is 5. The average Bonchev–Trinajstić information content (AvgIpc) is 2.81. The van der Waals surface area contributed by atoms with Gasteiger partial charge in [-0.25, -0.2) is 0 Å². The van der Waals surface area contributed by atoms with Gasteiger partial charge in [0.05, 0.1) is 17.7 Å². The number of anilines is 1. The Morgan fingerprint density at radius 2 is 1.55 bits per heavy atom. The first-order chi connectivity index (χ1) is 10.7. The van der Waals surface area contributed by atoms with Gasteiger partial charge in [0.25, 0.3) is 11.8 Å². The number of nitrogens with one attached hydrogen (secondary N) is 1. The standard InChI is InChI=1S/C16H15N3O3/c17-18-11-5-7-12(8-6-11)22-10-9-19-15(20)13-3-1-2-4-14(13)16(19)21/h1-8,18H,9-10,17H2. The number of rotatable bonds is 5. The molecule has 1 aliphatic heterocycles. The molecule has 0 saturated heterocycles. The molecule has 3 N–H and O–H groups in total. The minimum atomic E-state index is -0.271. The summed E-state index contributed by atoms with van der Waals surface area (Å²) in [6.07, 6.45) is 0. The Hall–Kier alpha value is -2.86. The van der Waals surface area contributed by atoms with E-state index in [1.165, 1.54) is 4.90 Å². The SMILES string of the molecule is NNc1ccc(OCCN2C(=O)c3ccccc3C2=O)cc1. The summed E-state index contributed by atoms with van der Waals surface area (Å²) in [6, 6.07) is 13.9. The first kappa shape index (κ1) is 14.1. The lowest BCUT2D eigenvalue weighted by Gasteiger charge is -2.14. The van der Waals surface area contributed by atoms with Crippen LogP contribution in [0.5, 0.6) is 5.75 Å². The molecule has 0 aromatic heterocycles. The van der Waals surface area contributed by atoms with Gasteiger partial charge in [0.15, 0.2) is 0 Å². The van der Waals surface area contributed by atoms with Gasteiger partial charge in [-0.05, 0) is 36.4 Å². The number of amides is 2. The topological polar surface area (TPSA) is 84.7 Å². The van der Waals surface area contributed by atoms with E-state index in [1.54, 1.807) is 48.5 Å². The van der Waals surface area contributed by atoms with Crippen molar-refractivity contribution in [3.63, 3.8) is 0 Å². The van der Waals surface area contributed by atoms with E-state index in [-0.39, 0.29) is 25.0 Å². The lowest BCUT2D eigenvalue weighted by molar-refractivity contribution is 0.0631. The molecule has 2 amide bonds. The number of nitrogens with two attached hydrogens (primary N) is 1. The van der Waals surface area contributed by atoms with Gasteiger partial charge in [-0.3, -0.25) is 20.3 Å². The average molecular weight is 297 g/mol. The maximum atomic E-state index is 12.2. The van der Waals surface area contributed by atoms with Crippen LogP contribution >= 0.6 is 0 Å². The summed E-state index contributed by atoms with van der Waals surface area (Å²) >= 11 is 0. The molecule has 3 rings (SSSR count). The molecule has 0 bridgehead atoms. The van der Waals surface area contributed by atoms with Gasteiger partial charge in [-0.2, -0.15) is 0 Å². The molecule has 0 aliphatic carbocycles. The van der Waals surface area contributed by atoms with Crippen molar-refractivity contribution in [2.75, 3.05) is 18.6 Å². The second-order valence-electron chi connectivity index (χ2n) is 4.82. The molecule has 1 heterocycles. The van der Waals surface area contributed by atoms with Crippen LogP contribution in [0.2, 0.25) is 0 Å². The van der Waals surface area contributed by atoms with E-state index in [1.807, 2.05) is 0 Å². The van der Waals surface area contributed by atoms with Gasteiger partial charge >= 0.3 is 0 Å². The van der Waals surface area contributed by atoms with Crippen LogP contribution in [0.4, 0.5) is 5.69 Å². The van der Waals surface area contributed by atoms with Crippen LogP contribution in [0.3, 0.4) is 0 Å². The summed E-state index contributed by atoms with van der Waals surface area (Å²) in [5.41, 5.74) is 4.19. The summed E-state index contributed by atoms with van der Waals surface area (Å²) in [5.74, 6) is 5.39. The van der Waals surface area contributed by atoms with Crippen molar-refractivity contribution in [1.82, 2.24) is 4.90 Å². The largest absolute Gasteiger partial charge is 0.492 e. The molecular weight excluding hydrogens is 282 g/mol. The number of nitrogens with zero attached hydrogens (tertiary/aromatic N) is 1. The fraction of sp³-hybridized carbons (Fsp3) is 0.125. The van der Waals surface area contributed by atoms with E-state index < -0.39 is 0 Å². The number of ether oxygens (including phenoxy) is 1. The highest BCUT2D eigenvalue weighted by Gasteiger charge is 2.34. The lowest BCUT2D eigenvalue weighted by atomic mass is 10.1. The first-order valence-corrected chi connectivity index (χ1v) is 6.85. The Morgan fingerprint density at radius 3 is 2.09 bits per heavy atom. The Kier molecular flexibility index (Phi) is 3.76. The second-order valence-corrected chi connectivity index (χ2v) is 4.82. The zero-order chi connectivity index (χ0) is 15.5. The van der Waals surface area contributed by atoms with Gasteiger partial charge in [-0.1, -0.05) is 12.1 Å². The van der Waals surface area contributed by atoms with Crippen LogP contribution in [0, 0.1) is 0 Å². The number of benzene rings is 2. The normalized spacial score (nSPS) is 13.2. The summed E-state index contributed by atoms with van der Waals surface area (Å²) < 4.78 is 5.55. The highest BCUT2D eigenvalue weighted by molar-refractivity contribution is 6.21. The second kappa shape index (κ2) is 5.87. The van der Waals surface area contributed by atoms with Crippen molar-refractivity contribution in [2.45, 2.75) is 0 Å². The quantitative estimate of drug-likeness (QED) is 0.498. The third kappa shape index (κ3) is 2.51. The number of carbonyl (C=O) groups is 2. The lowest BCUT2D eigenvalue weighted by Crippen LogP contribution is -2.33. The minimum absolute atomic E-state index is 0.212. The third-order valence-corrected chi connectivity index (χ3v) is 3.48.